The molecule has 0 heterocycles. The van der Waals surface area contributed by atoms with Crippen molar-refractivity contribution in [3.63, 3.8) is 0 Å². The quantitative estimate of drug-likeness (QED) is 0.307. The van der Waals surface area contributed by atoms with E-state index in [2.05, 4.69) is 40.7 Å². The van der Waals surface area contributed by atoms with Crippen molar-refractivity contribution in [2.75, 3.05) is 6.61 Å². The number of aryl methyl sites for hydroxylation is 1. The molecule has 0 N–H and O–H groups in total. The van der Waals surface area contributed by atoms with Gasteiger partial charge >= 0.3 is 5.97 Å². The summed E-state index contributed by atoms with van der Waals surface area (Å²) in [7, 11) is 0. The van der Waals surface area contributed by atoms with E-state index in [9.17, 15) is 4.79 Å². The minimum Gasteiger partial charge on any atom is -0.490 e. The molecule has 0 aliphatic heterocycles. The number of ether oxygens (including phenoxy) is 2. The average Bonchev–Trinajstić information content (AvgIpc) is 2.45. The summed E-state index contributed by atoms with van der Waals surface area (Å²) >= 11 is 0. The zero-order valence-electron chi connectivity index (χ0n) is 17.2. The van der Waals surface area contributed by atoms with Gasteiger partial charge in [-0.15, -0.1) is 0 Å². The summed E-state index contributed by atoms with van der Waals surface area (Å²) < 4.78 is 11.6. The van der Waals surface area contributed by atoms with Gasteiger partial charge in [0.2, 0.25) is 0 Å². The summed E-state index contributed by atoms with van der Waals surface area (Å²) in [5, 5.41) is 0. The van der Waals surface area contributed by atoms with Crippen LogP contribution in [-0.2, 0) is 11.2 Å². The first-order chi connectivity index (χ1) is 11.6. The molecule has 0 bridgehead atoms. The molecule has 1 aromatic rings. The van der Waals surface area contributed by atoms with Crippen LogP contribution in [0.15, 0.2) is 12.1 Å². The maximum atomic E-state index is 12.0. The lowest BCUT2D eigenvalue weighted by Crippen LogP contribution is -2.12. The standard InChI is InChI=1S/C22H36O3/c1-8-10-20(23)25-21-17(4)13-18(15-22(5,6)7)14-19(21)24-12-9-11-16(2)3/h13-14,16H,8-12,15H2,1-7H3. The molecule has 0 aliphatic rings. The van der Waals surface area contributed by atoms with Crippen molar-refractivity contribution in [3.05, 3.63) is 23.3 Å². The zero-order chi connectivity index (χ0) is 19.0. The van der Waals surface area contributed by atoms with Crippen molar-refractivity contribution < 1.29 is 14.3 Å². The summed E-state index contributed by atoms with van der Waals surface area (Å²) in [6.45, 7) is 15.7. The van der Waals surface area contributed by atoms with Crippen molar-refractivity contribution in [2.45, 2.75) is 80.6 Å². The number of hydrogen-bond donors (Lipinski definition) is 0. The van der Waals surface area contributed by atoms with Gasteiger partial charge in [-0.05, 0) is 61.1 Å². The van der Waals surface area contributed by atoms with Crippen LogP contribution in [0.5, 0.6) is 11.5 Å². The maximum absolute atomic E-state index is 12.0. The lowest BCUT2D eigenvalue weighted by Gasteiger charge is -2.21. The number of rotatable bonds is 9. The second-order valence-electron chi connectivity index (χ2n) is 8.59. The van der Waals surface area contributed by atoms with E-state index in [-0.39, 0.29) is 11.4 Å². The van der Waals surface area contributed by atoms with Crippen molar-refractivity contribution >= 4 is 5.97 Å². The van der Waals surface area contributed by atoms with Crippen LogP contribution < -0.4 is 9.47 Å². The van der Waals surface area contributed by atoms with Gasteiger partial charge in [-0.2, -0.15) is 0 Å². The van der Waals surface area contributed by atoms with E-state index in [0.29, 0.717) is 30.4 Å². The Balaban J connectivity index is 3.00. The van der Waals surface area contributed by atoms with Crippen molar-refractivity contribution in [2.24, 2.45) is 11.3 Å². The van der Waals surface area contributed by atoms with Crippen LogP contribution in [0.25, 0.3) is 0 Å². The largest absolute Gasteiger partial charge is 0.490 e. The van der Waals surface area contributed by atoms with Crippen LogP contribution in [-0.4, -0.2) is 12.6 Å². The monoisotopic (exact) mass is 348 g/mol. The minimum atomic E-state index is -0.193. The van der Waals surface area contributed by atoms with Gasteiger partial charge in [0.25, 0.3) is 0 Å². The summed E-state index contributed by atoms with van der Waals surface area (Å²) in [4.78, 5) is 12.0. The summed E-state index contributed by atoms with van der Waals surface area (Å²) in [5.41, 5.74) is 2.38. The van der Waals surface area contributed by atoms with Gasteiger partial charge in [0.05, 0.1) is 6.61 Å². The van der Waals surface area contributed by atoms with E-state index in [1.165, 1.54) is 5.56 Å². The SMILES string of the molecule is CCCC(=O)Oc1c(C)cc(CC(C)(C)C)cc1OCCCC(C)C. The topological polar surface area (TPSA) is 35.5 Å². The van der Waals surface area contributed by atoms with Crippen LogP contribution >= 0.6 is 0 Å². The fraction of sp³-hybridized carbons (Fsp3) is 0.682. The molecule has 0 amide bonds. The molecular weight excluding hydrogens is 312 g/mol. The maximum Gasteiger partial charge on any atom is 0.311 e. The molecule has 3 nitrogen and oxygen atoms in total. The van der Waals surface area contributed by atoms with Crippen LogP contribution in [0.2, 0.25) is 0 Å². The van der Waals surface area contributed by atoms with Crippen LogP contribution in [0.3, 0.4) is 0 Å². The number of esters is 1. The fourth-order valence-corrected chi connectivity index (χ4v) is 2.81. The first kappa shape index (κ1) is 21.5. The predicted octanol–water partition coefficient (Wildman–Crippen LogP) is 6.10. The third-order valence-electron chi connectivity index (χ3n) is 3.89. The predicted molar refractivity (Wildman–Crippen MR) is 104 cm³/mol. The molecular formula is C22H36O3. The summed E-state index contributed by atoms with van der Waals surface area (Å²) in [6.07, 6.45) is 4.30. The molecule has 142 valence electrons. The Labute approximate surface area is 154 Å². The number of carbonyl (C=O) groups is 1. The average molecular weight is 349 g/mol. The van der Waals surface area contributed by atoms with Gasteiger partial charge in [-0.25, -0.2) is 0 Å². The van der Waals surface area contributed by atoms with E-state index in [1.54, 1.807) is 0 Å². The van der Waals surface area contributed by atoms with Gasteiger partial charge < -0.3 is 9.47 Å². The molecule has 0 radical (unpaired) electrons. The van der Waals surface area contributed by atoms with E-state index in [0.717, 1.165) is 31.2 Å². The first-order valence-electron chi connectivity index (χ1n) is 9.59. The second-order valence-corrected chi connectivity index (χ2v) is 8.59. The molecule has 0 atom stereocenters. The first-order valence-corrected chi connectivity index (χ1v) is 9.59. The number of hydrogen-bond acceptors (Lipinski definition) is 3. The smallest absolute Gasteiger partial charge is 0.311 e. The van der Waals surface area contributed by atoms with Crippen molar-refractivity contribution in [3.8, 4) is 11.5 Å². The molecule has 0 aromatic heterocycles. The summed E-state index contributed by atoms with van der Waals surface area (Å²) in [5.74, 6) is 1.76. The molecule has 0 unspecified atom stereocenters. The van der Waals surface area contributed by atoms with Crippen LogP contribution in [0, 0.1) is 18.3 Å². The van der Waals surface area contributed by atoms with Gasteiger partial charge in [0, 0.05) is 6.42 Å². The molecule has 0 spiro atoms. The highest BCUT2D eigenvalue weighted by Gasteiger charge is 2.18. The fourth-order valence-electron chi connectivity index (χ4n) is 2.81. The Kier molecular flexibility index (Phi) is 8.47. The highest BCUT2D eigenvalue weighted by molar-refractivity contribution is 5.74. The Morgan fingerprint density at radius 3 is 2.44 bits per heavy atom. The van der Waals surface area contributed by atoms with Crippen LogP contribution in [0.4, 0.5) is 0 Å². The number of benzene rings is 1. The van der Waals surface area contributed by atoms with E-state index >= 15 is 0 Å². The second kappa shape index (κ2) is 9.84. The van der Waals surface area contributed by atoms with Crippen molar-refractivity contribution in [1.29, 1.82) is 0 Å². The third kappa shape index (κ3) is 8.42. The lowest BCUT2D eigenvalue weighted by molar-refractivity contribution is -0.134. The Bertz CT molecular complexity index is 553. The Morgan fingerprint density at radius 1 is 1.20 bits per heavy atom. The zero-order valence-corrected chi connectivity index (χ0v) is 17.2. The Morgan fingerprint density at radius 2 is 1.88 bits per heavy atom. The minimum absolute atomic E-state index is 0.193. The van der Waals surface area contributed by atoms with Gasteiger partial charge in [0.1, 0.15) is 0 Å². The molecule has 1 rings (SSSR count). The molecule has 1 aromatic carbocycles. The normalized spacial score (nSPS) is 11.7. The molecule has 0 saturated carbocycles. The molecule has 3 heteroatoms. The van der Waals surface area contributed by atoms with E-state index < -0.39 is 0 Å². The number of carbonyl (C=O) groups excluding carboxylic acids is 1. The van der Waals surface area contributed by atoms with E-state index in [4.69, 9.17) is 9.47 Å². The molecule has 0 fully saturated rings. The highest BCUT2D eigenvalue weighted by Crippen LogP contribution is 2.35. The van der Waals surface area contributed by atoms with Crippen LogP contribution in [0.1, 0.15) is 78.4 Å². The third-order valence-corrected chi connectivity index (χ3v) is 3.89. The van der Waals surface area contributed by atoms with Gasteiger partial charge in [-0.3, -0.25) is 4.79 Å². The van der Waals surface area contributed by atoms with Gasteiger partial charge in [-0.1, -0.05) is 47.6 Å². The Hall–Kier alpha value is -1.51. The van der Waals surface area contributed by atoms with Crippen molar-refractivity contribution in [1.82, 2.24) is 0 Å². The lowest BCUT2D eigenvalue weighted by atomic mass is 9.87. The molecule has 0 aliphatic carbocycles. The van der Waals surface area contributed by atoms with Gasteiger partial charge in [0.15, 0.2) is 11.5 Å². The molecule has 25 heavy (non-hydrogen) atoms. The summed E-state index contributed by atoms with van der Waals surface area (Å²) in [6, 6.07) is 4.16. The molecule has 0 saturated heterocycles. The highest BCUT2D eigenvalue weighted by atomic mass is 16.6. The van der Waals surface area contributed by atoms with E-state index in [1.807, 2.05) is 19.9 Å².